The van der Waals surface area contributed by atoms with Crippen molar-refractivity contribution in [2.75, 3.05) is 12.9 Å². The summed E-state index contributed by atoms with van der Waals surface area (Å²) in [6.07, 6.45) is 2.51. The molecule has 1 N–H and O–H groups in total. The Morgan fingerprint density at radius 1 is 1.25 bits per heavy atom. The number of hydrogen-bond acceptors (Lipinski definition) is 6. The molecule has 1 aromatic heterocycles. The number of benzene rings is 1. The number of nitrogens with zero attached hydrogens (tertiary/aromatic N) is 2. The van der Waals surface area contributed by atoms with Crippen molar-refractivity contribution >= 4 is 34.9 Å². The summed E-state index contributed by atoms with van der Waals surface area (Å²) in [5, 5.41) is 17.0. The molecule has 0 saturated heterocycles. The van der Waals surface area contributed by atoms with Gasteiger partial charge in [0.2, 0.25) is 0 Å². The highest BCUT2D eigenvalue weighted by Crippen LogP contribution is 2.30. The molecule has 0 amide bonds. The van der Waals surface area contributed by atoms with Crippen molar-refractivity contribution in [1.29, 1.82) is 0 Å². The average molecular weight is 322 g/mol. The Morgan fingerprint density at radius 2 is 2.05 bits per heavy atom. The molecule has 0 bridgehead atoms. The van der Waals surface area contributed by atoms with Gasteiger partial charge in [0, 0.05) is 17.7 Å². The molecular weight excluding hydrogens is 308 g/mol. The molecule has 20 heavy (non-hydrogen) atoms. The highest BCUT2D eigenvalue weighted by Gasteiger charge is 2.05. The second-order valence-electron chi connectivity index (χ2n) is 3.76. The first-order valence-corrected chi connectivity index (χ1v) is 9.04. The van der Waals surface area contributed by atoms with E-state index in [9.17, 15) is 0 Å². The fourth-order valence-corrected chi connectivity index (χ4v) is 3.90. The van der Waals surface area contributed by atoms with Crippen LogP contribution in [0.2, 0.25) is 0 Å². The molecule has 0 atom stereocenters. The van der Waals surface area contributed by atoms with Crippen molar-refractivity contribution in [2.24, 2.45) is 0 Å². The molecule has 0 spiro atoms. The molecule has 0 fully saturated rings. The third-order valence-corrected chi connectivity index (χ3v) is 5.47. The van der Waals surface area contributed by atoms with E-state index in [0.717, 1.165) is 20.0 Å². The predicted octanol–water partition coefficient (Wildman–Crippen LogP) is 3.29. The molecule has 2 aromatic rings. The van der Waals surface area contributed by atoms with Gasteiger partial charge in [-0.25, -0.2) is 0 Å². The van der Waals surface area contributed by atoms with Crippen molar-refractivity contribution < 1.29 is 5.11 Å². The lowest BCUT2D eigenvalue weighted by Gasteiger charge is -2.02. The first-order valence-electron chi connectivity index (χ1n) is 6.01. The van der Waals surface area contributed by atoms with Crippen LogP contribution in [0.5, 0.6) is 0 Å². The molecule has 0 radical (unpaired) electrons. The molecule has 1 aromatic carbocycles. The number of thioether (sulfide) groups is 2. The van der Waals surface area contributed by atoms with Gasteiger partial charge in [-0.3, -0.25) is 0 Å². The van der Waals surface area contributed by atoms with Gasteiger partial charge in [-0.15, -0.1) is 10.2 Å². The summed E-state index contributed by atoms with van der Waals surface area (Å²) >= 11 is 4.91. The maximum Gasteiger partial charge on any atom is 0.175 e. The lowest BCUT2D eigenvalue weighted by Crippen LogP contribution is -1.87. The van der Waals surface area contributed by atoms with Crippen LogP contribution in [0, 0.1) is 11.8 Å². The summed E-state index contributed by atoms with van der Waals surface area (Å²) in [4.78, 5) is 0. The molecule has 1 heterocycles. The Balaban J connectivity index is 2.04. The Bertz CT molecular complexity index is 616. The van der Waals surface area contributed by atoms with E-state index in [0.29, 0.717) is 6.42 Å². The van der Waals surface area contributed by atoms with Crippen LogP contribution in [0.15, 0.2) is 32.9 Å². The van der Waals surface area contributed by atoms with Crippen LogP contribution in [0.25, 0.3) is 0 Å². The van der Waals surface area contributed by atoms with Crippen molar-refractivity contribution in [2.45, 2.75) is 20.9 Å². The smallest absolute Gasteiger partial charge is 0.175 e. The van der Waals surface area contributed by atoms with Crippen LogP contribution in [0.4, 0.5) is 0 Å². The minimum Gasteiger partial charge on any atom is -0.395 e. The van der Waals surface area contributed by atoms with E-state index >= 15 is 0 Å². The van der Waals surface area contributed by atoms with Crippen LogP contribution in [-0.2, 0) is 5.75 Å². The van der Waals surface area contributed by atoms with Gasteiger partial charge in [-0.1, -0.05) is 64.9 Å². The number of aliphatic hydroxyl groups is 1. The van der Waals surface area contributed by atoms with Crippen LogP contribution >= 0.6 is 34.9 Å². The summed E-state index contributed by atoms with van der Waals surface area (Å²) in [6, 6.07) is 8.08. The zero-order valence-corrected chi connectivity index (χ0v) is 13.4. The Kier molecular flexibility index (Phi) is 6.40. The second kappa shape index (κ2) is 8.32. The Morgan fingerprint density at radius 3 is 2.80 bits per heavy atom. The lowest BCUT2D eigenvalue weighted by atomic mass is 10.1. The fraction of sp³-hybridized carbons (Fsp3) is 0.286. The summed E-state index contributed by atoms with van der Waals surface area (Å²) in [7, 11) is 0. The highest BCUT2D eigenvalue weighted by atomic mass is 32.2. The minimum atomic E-state index is 0.103. The van der Waals surface area contributed by atoms with Gasteiger partial charge in [-0.05, 0) is 17.9 Å². The number of hydrogen-bond donors (Lipinski definition) is 1. The molecule has 104 valence electrons. The molecule has 0 aliphatic heterocycles. The van der Waals surface area contributed by atoms with Crippen molar-refractivity contribution in [3.05, 3.63) is 35.4 Å². The van der Waals surface area contributed by atoms with Gasteiger partial charge in [0.15, 0.2) is 8.68 Å². The van der Waals surface area contributed by atoms with Gasteiger partial charge < -0.3 is 5.11 Å². The van der Waals surface area contributed by atoms with Gasteiger partial charge in [0.25, 0.3) is 0 Å². The van der Waals surface area contributed by atoms with Crippen molar-refractivity contribution in [1.82, 2.24) is 10.2 Å². The highest BCUT2D eigenvalue weighted by molar-refractivity contribution is 8.02. The SMILES string of the molecule is CSc1nnc(SCc2ccccc2C#CCCO)s1. The standard InChI is InChI=1S/C14H14N2OS3/c1-18-13-15-16-14(20-13)19-10-12-8-3-2-6-11(12)7-4-5-9-17/h2-3,6,8,17H,5,9-10H2,1H3. The molecule has 3 nitrogen and oxygen atoms in total. The Labute approximate surface area is 131 Å². The van der Waals surface area contributed by atoms with Gasteiger partial charge in [-0.2, -0.15) is 0 Å². The van der Waals surface area contributed by atoms with Crippen LogP contribution < -0.4 is 0 Å². The summed E-state index contributed by atoms with van der Waals surface area (Å²) in [6.45, 7) is 0.103. The molecule has 6 heteroatoms. The van der Waals surface area contributed by atoms with Crippen LogP contribution in [-0.4, -0.2) is 28.2 Å². The van der Waals surface area contributed by atoms with Crippen LogP contribution in [0.1, 0.15) is 17.5 Å². The van der Waals surface area contributed by atoms with Crippen molar-refractivity contribution in [3.8, 4) is 11.8 Å². The largest absolute Gasteiger partial charge is 0.395 e. The second-order valence-corrected chi connectivity index (χ2v) is 7.01. The third kappa shape index (κ3) is 4.53. The van der Waals surface area contributed by atoms with E-state index in [4.69, 9.17) is 5.11 Å². The monoisotopic (exact) mass is 322 g/mol. The number of aliphatic hydroxyl groups excluding tert-OH is 1. The van der Waals surface area contributed by atoms with E-state index < -0.39 is 0 Å². The number of aromatic nitrogens is 2. The van der Waals surface area contributed by atoms with Gasteiger partial charge >= 0.3 is 0 Å². The van der Waals surface area contributed by atoms with Crippen molar-refractivity contribution in [3.63, 3.8) is 0 Å². The van der Waals surface area contributed by atoms with E-state index in [1.807, 2.05) is 24.5 Å². The molecule has 2 rings (SSSR count). The predicted molar refractivity (Wildman–Crippen MR) is 86.3 cm³/mol. The first kappa shape index (κ1) is 15.4. The molecular formula is C14H14N2OS3. The molecule has 0 saturated carbocycles. The maximum atomic E-state index is 8.77. The summed E-state index contributed by atoms with van der Waals surface area (Å²) in [5.74, 6) is 6.90. The fourth-order valence-electron chi connectivity index (χ4n) is 1.46. The summed E-state index contributed by atoms with van der Waals surface area (Å²) in [5.41, 5.74) is 2.20. The quantitative estimate of drug-likeness (QED) is 0.676. The van der Waals surface area contributed by atoms with E-state index in [1.54, 1.807) is 34.9 Å². The molecule has 0 unspecified atom stereocenters. The number of rotatable bonds is 5. The summed E-state index contributed by atoms with van der Waals surface area (Å²) < 4.78 is 1.97. The topological polar surface area (TPSA) is 46.0 Å². The van der Waals surface area contributed by atoms with Gasteiger partial charge in [0.05, 0.1) is 6.61 Å². The maximum absolute atomic E-state index is 8.77. The lowest BCUT2D eigenvalue weighted by molar-refractivity contribution is 0.305. The van der Waals surface area contributed by atoms with Crippen LogP contribution in [0.3, 0.4) is 0 Å². The molecule has 0 aliphatic rings. The minimum absolute atomic E-state index is 0.103. The van der Waals surface area contributed by atoms with Gasteiger partial charge in [0.1, 0.15) is 0 Å². The zero-order valence-electron chi connectivity index (χ0n) is 11.0. The normalized spacial score (nSPS) is 10.1. The van der Waals surface area contributed by atoms with E-state index in [-0.39, 0.29) is 6.61 Å². The first-order chi connectivity index (χ1) is 9.83. The molecule has 0 aliphatic carbocycles. The van der Waals surface area contributed by atoms with E-state index in [2.05, 4.69) is 28.1 Å². The van der Waals surface area contributed by atoms with E-state index in [1.165, 1.54) is 5.56 Å². The zero-order chi connectivity index (χ0) is 14.2. The average Bonchev–Trinajstić information content (AvgIpc) is 2.94. The Hall–Kier alpha value is -1.00. The third-order valence-electron chi connectivity index (χ3n) is 2.39.